The highest BCUT2D eigenvalue weighted by Gasteiger charge is 2.50. The van der Waals surface area contributed by atoms with Crippen molar-refractivity contribution in [3.8, 4) is 0 Å². The Balaban J connectivity index is 1.77. The smallest absolute Gasteiger partial charge is 0.317 e. The minimum Gasteiger partial charge on any atom is -0.393 e. The Hall–Kier alpha value is -0.900. The highest BCUT2D eigenvalue weighted by Crippen LogP contribution is 2.44. The van der Waals surface area contributed by atoms with E-state index in [0.717, 1.165) is 19.3 Å². The van der Waals surface area contributed by atoms with Crippen molar-refractivity contribution >= 4 is 11.9 Å². The van der Waals surface area contributed by atoms with Crippen LogP contribution >= 0.6 is 0 Å². The first-order valence-corrected chi connectivity index (χ1v) is 5.14. The van der Waals surface area contributed by atoms with Gasteiger partial charge in [0.25, 0.3) is 0 Å². The molecule has 4 heteroatoms. The van der Waals surface area contributed by atoms with E-state index in [9.17, 15) is 9.59 Å². The lowest BCUT2D eigenvalue weighted by Crippen LogP contribution is -2.28. The Morgan fingerprint density at radius 3 is 2.57 bits per heavy atom. The van der Waals surface area contributed by atoms with Gasteiger partial charge in [-0.05, 0) is 19.3 Å². The summed E-state index contributed by atoms with van der Waals surface area (Å²) in [5, 5.41) is 0. The van der Waals surface area contributed by atoms with Crippen molar-refractivity contribution in [3.63, 3.8) is 0 Å². The molecule has 4 nitrogen and oxygen atoms in total. The summed E-state index contributed by atoms with van der Waals surface area (Å²) in [6.45, 7) is 0. The zero-order chi connectivity index (χ0) is 9.71. The number of hydrogen-bond donors (Lipinski definition) is 0. The van der Waals surface area contributed by atoms with Gasteiger partial charge in [0.15, 0.2) is 0 Å². The van der Waals surface area contributed by atoms with Gasteiger partial charge in [-0.25, -0.2) is 0 Å². The second kappa shape index (κ2) is 2.79. The van der Waals surface area contributed by atoms with Gasteiger partial charge in [0.05, 0.1) is 24.5 Å². The summed E-state index contributed by atoms with van der Waals surface area (Å²) in [5.74, 6) is -0.704. The molecule has 0 spiro atoms. The molecule has 4 unspecified atom stereocenters. The van der Waals surface area contributed by atoms with E-state index in [-0.39, 0.29) is 36.3 Å². The van der Waals surface area contributed by atoms with Crippen LogP contribution in [0, 0.1) is 11.8 Å². The van der Waals surface area contributed by atoms with Crippen LogP contribution in [0.2, 0.25) is 0 Å². The van der Waals surface area contributed by atoms with Gasteiger partial charge in [0.1, 0.15) is 0 Å². The number of hydrogen-bond acceptors (Lipinski definition) is 4. The summed E-state index contributed by atoms with van der Waals surface area (Å²) < 4.78 is 10.2. The molecule has 0 aromatic rings. The van der Waals surface area contributed by atoms with Crippen molar-refractivity contribution in [1.29, 1.82) is 0 Å². The van der Waals surface area contributed by atoms with Crippen molar-refractivity contribution in [2.75, 3.05) is 0 Å². The van der Waals surface area contributed by atoms with Gasteiger partial charge in [-0.15, -0.1) is 0 Å². The zero-order valence-corrected chi connectivity index (χ0v) is 7.77. The van der Waals surface area contributed by atoms with Crippen LogP contribution in [0.4, 0.5) is 0 Å². The van der Waals surface area contributed by atoms with Crippen LogP contribution < -0.4 is 0 Å². The normalized spacial score (nSPS) is 46.0. The van der Waals surface area contributed by atoms with Gasteiger partial charge in [-0.1, -0.05) is 0 Å². The van der Waals surface area contributed by atoms with Gasteiger partial charge in [-0.2, -0.15) is 0 Å². The SMILES string of the molecule is O=C1CC(C2CC3CCC2O3)C(=O)O1. The average Bonchev–Trinajstić information content (AvgIpc) is 2.79. The largest absolute Gasteiger partial charge is 0.393 e. The van der Waals surface area contributed by atoms with Gasteiger partial charge >= 0.3 is 11.9 Å². The topological polar surface area (TPSA) is 52.6 Å². The first-order chi connectivity index (χ1) is 6.74. The fourth-order valence-corrected chi connectivity index (χ4v) is 2.92. The van der Waals surface area contributed by atoms with E-state index in [2.05, 4.69) is 4.74 Å². The molecule has 0 radical (unpaired) electrons. The maximum absolute atomic E-state index is 11.3. The molecule has 3 saturated heterocycles. The molecule has 0 saturated carbocycles. The molecular weight excluding hydrogens is 184 g/mol. The number of carbonyl (C=O) groups is 2. The van der Waals surface area contributed by atoms with Crippen LogP contribution in [0.3, 0.4) is 0 Å². The number of carbonyl (C=O) groups excluding carboxylic acids is 2. The van der Waals surface area contributed by atoms with Crippen molar-refractivity contribution in [2.45, 2.75) is 37.9 Å². The molecule has 76 valence electrons. The van der Waals surface area contributed by atoms with Crippen LogP contribution in [0.5, 0.6) is 0 Å². The number of cyclic esters (lactones) is 2. The van der Waals surface area contributed by atoms with E-state index >= 15 is 0 Å². The minimum absolute atomic E-state index is 0.198. The van der Waals surface area contributed by atoms with Crippen molar-refractivity contribution in [3.05, 3.63) is 0 Å². The molecule has 0 N–H and O–H groups in total. The number of rotatable bonds is 1. The van der Waals surface area contributed by atoms with Crippen molar-refractivity contribution < 1.29 is 19.1 Å². The first-order valence-electron chi connectivity index (χ1n) is 5.14. The molecular formula is C10H12O4. The Kier molecular flexibility index (Phi) is 1.68. The Morgan fingerprint density at radius 1 is 1.21 bits per heavy atom. The molecule has 3 rings (SSSR count). The molecule has 0 aliphatic carbocycles. The van der Waals surface area contributed by atoms with Crippen LogP contribution in [0.15, 0.2) is 0 Å². The molecule has 4 atom stereocenters. The molecule has 0 aromatic heterocycles. The summed E-state index contributed by atoms with van der Waals surface area (Å²) in [4.78, 5) is 22.3. The number of ether oxygens (including phenoxy) is 2. The standard InChI is InChI=1S/C10H12O4/c11-9-4-7(10(12)14-9)6-3-5-1-2-8(6)13-5/h5-8H,1-4H2. The third kappa shape index (κ3) is 1.10. The molecule has 0 aromatic carbocycles. The van der Waals surface area contributed by atoms with Gasteiger partial charge < -0.3 is 9.47 Å². The molecule has 3 fully saturated rings. The van der Waals surface area contributed by atoms with Crippen molar-refractivity contribution in [1.82, 2.24) is 0 Å². The summed E-state index contributed by atoms with van der Waals surface area (Å²) >= 11 is 0. The lowest BCUT2D eigenvalue weighted by Gasteiger charge is -2.21. The quantitative estimate of drug-likeness (QED) is 0.456. The van der Waals surface area contributed by atoms with E-state index in [1.165, 1.54) is 0 Å². The fraction of sp³-hybridized carbons (Fsp3) is 0.800. The second-order valence-corrected chi connectivity index (χ2v) is 4.38. The molecule has 14 heavy (non-hydrogen) atoms. The molecule has 3 aliphatic rings. The average molecular weight is 196 g/mol. The lowest BCUT2D eigenvalue weighted by molar-refractivity contribution is -0.153. The van der Waals surface area contributed by atoms with E-state index in [1.807, 2.05) is 0 Å². The Labute approximate surface area is 81.6 Å². The highest BCUT2D eigenvalue weighted by atomic mass is 16.6. The highest BCUT2D eigenvalue weighted by molar-refractivity contribution is 5.94. The fourth-order valence-electron chi connectivity index (χ4n) is 2.92. The summed E-state index contributed by atoms with van der Waals surface area (Å²) in [6.07, 6.45) is 3.86. The number of fused-ring (bicyclic) bond motifs is 2. The molecule has 0 amide bonds. The second-order valence-electron chi connectivity index (χ2n) is 4.38. The minimum atomic E-state index is -0.372. The summed E-state index contributed by atoms with van der Waals surface area (Å²) in [6, 6.07) is 0. The predicted octanol–water partition coefficient (Wildman–Crippen LogP) is 0.644. The monoisotopic (exact) mass is 196 g/mol. The summed E-state index contributed by atoms with van der Waals surface area (Å²) in [7, 11) is 0. The summed E-state index contributed by atoms with van der Waals surface area (Å²) in [5.41, 5.74) is 0. The van der Waals surface area contributed by atoms with E-state index < -0.39 is 0 Å². The first kappa shape index (κ1) is 8.41. The molecule has 3 aliphatic heterocycles. The maximum Gasteiger partial charge on any atom is 0.317 e. The number of esters is 2. The van der Waals surface area contributed by atoms with Crippen LogP contribution in [-0.2, 0) is 19.1 Å². The van der Waals surface area contributed by atoms with Crippen LogP contribution in [0.1, 0.15) is 25.7 Å². The maximum atomic E-state index is 11.3. The Bertz CT molecular complexity index is 298. The lowest BCUT2D eigenvalue weighted by atomic mass is 9.79. The predicted molar refractivity (Wildman–Crippen MR) is 45.2 cm³/mol. The third-order valence-corrected chi connectivity index (χ3v) is 3.57. The zero-order valence-electron chi connectivity index (χ0n) is 7.77. The van der Waals surface area contributed by atoms with E-state index in [0.29, 0.717) is 6.10 Å². The van der Waals surface area contributed by atoms with Gasteiger partial charge in [-0.3, -0.25) is 9.59 Å². The molecule has 3 heterocycles. The van der Waals surface area contributed by atoms with E-state index in [4.69, 9.17) is 4.74 Å². The van der Waals surface area contributed by atoms with Crippen LogP contribution in [0.25, 0.3) is 0 Å². The van der Waals surface area contributed by atoms with Gasteiger partial charge in [0, 0.05) is 5.92 Å². The van der Waals surface area contributed by atoms with E-state index in [1.54, 1.807) is 0 Å². The van der Waals surface area contributed by atoms with Gasteiger partial charge in [0.2, 0.25) is 0 Å². The Morgan fingerprint density at radius 2 is 2.07 bits per heavy atom. The third-order valence-electron chi connectivity index (χ3n) is 3.57. The molecule has 2 bridgehead atoms. The van der Waals surface area contributed by atoms with Crippen LogP contribution in [-0.4, -0.2) is 24.1 Å². The van der Waals surface area contributed by atoms with Crippen molar-refractivity contribution in [2.24, 2.45) is 11.8 Å².